The van der Waals surface area contributed by atoms with E-state index in [2.05, 4.69) is 74.5 Å². The third-order valence-electron chi connectivity index (χ3n) is 28.7. The second kappa shape index (κ2) is 39.3. The van der Waals surface area contributed by atoms with Gasteiger partial charge >= 0.3 is 23.9 Å². The van der Waals surface area contributed by atoms with Gasteiger partial charge in [-0.2, -0.15) is 0 Å². The van der Waals surface area contributed by atoms with Crippen molar-refractivity contribution in [3.63, 3.8) is 0 Å². The summed E-state index contributed by atoms with van der Waals surface area (Å²) in [6.07, 6.45) is 11.0. The maximum atomic E-state index is 15.0. The molecule has 6 saturated carbocycles. The number of amides is 2. The quantitative estimate of drug-likeness (QED) is 0.0217. The molecule has 698 valence electrons. The van der Waals surface area contributed by atoms with Gasteiger partial charge in [-0.25, -0.2) is 19.9 Å². The molecule has 2 amide bonds. The number of hydrogen-bond donors (Lipinski definition) is 1. The van der Waals surface area contributed by atoms with Crippen molar-refractivity contribution < 1.29 is 81.0 Å². The molecule has 0 bridgehead atoms. The van der Waals surface area contributed by atoms with Crippen LogP contribution in [0.2, 0.25) is 10.0 Å². The van der Waals surface area contributed by atoms with E-state index in [0.717, 1.165) is 103 Å². The molecular formula is C99H130Cl2N10O17S. The highest BCUT2D eigenvalue weighted by Crippen LogP contribution is 2.59. The Labute approximate surface area is 771 Å². The summed E-state index contributed by atoms with van der Waals surface area (Å²) in [4.78, 5) is 144. The molecule has 27 nitrogen and oxygen atoms in total. The van der Waals surface area contributed by atoms with Crippen molar-refractivity contribution >= 4 is 104 Å². The second-order valence-electron chi connectivity index (χ2n) is 41.4. The third kappa shape index (κ3) is 22.0. The smallest absolute Gasteiger partial charge is 0.312 e. The first-order valence-electron chi connectivity index (χ1n) is 46.6. The molecule has 4 unspecified atom stereocenters. The second-order valence-corrected chi connectivity index (χ2v) is 43.1. The van der Waals surface area contributed by atoms with Crippen molar-refractivity contribution in [1.82, 2.24) is 49.3 Å². The summed E-state index contributed by atoms with van der Waals surface area (Å²) in [6, 6.07) is 9.09. The lowest BCUT2D eigenvalue weighted by Gasteiger charge is -2.35. The molecule has 16 rings (SSSR count). The van der Waals surface area contributed by atoms with Crippen LogP contribution in [0.4, 0.5) is 0 Å². The number of ether oxygens (including phenoxy) is 7. The van der Waals surface area contributed by atoms with Crippen molar-refractivity contribution in [3.8, 4) is 45.8 Å². The van der Waals surface area contributed by atoms with Crippen LogP contribution in [0.3, 0.4) is 0 Å². The molecular weight excluding hydrogens is 1700 g/mol. The summed E-state index contributed by atoms with van der Waals surface area (Å²) in [7, 11) is 5.58. The van der Waals surface area contributed by atoms with Gasteiger partial charge in [0.15, 0.2) is 17.5 Å². The van der Waals surface area contributed by atoms with E-state index in [4.69, 9.17) is 80.7 Å². The number of fused-ring (bicyclic) bond motifs is 4. The Balaban J connectivity index is 0.000000198. The molecule has 10 fully saturated rings. The average molecular weight is 1840 g/mol. The van der Waals surface area contributed by atoms with Crippen molar-refractivity contribution in [2.45, 2.75) is 208 Å². The molecule has 4 aliphatic heterocycles. The summed E-state index contributed by atoms with van der Waals surface area (Å²) < 4.78 is 49.2. The number of carboxylic acids is 1. The number of Topliss-reactive ketones (excluding diaryl/α,β-unsaturated/α-hetero) is 2. The number of carbonyl (C=O) groups excluding carboxylic acids is 7. The van der Waals surface area contributed by atoms with Gasteiger partial charge in [0.2, 0.25) is 11.8 Å². The molecule has 8 heterocycles. The fraction of sp³-hybridized carbons (Fsp3) is 0.636. The highest BCUT2D eigenvalue weighted by Gasteiger charge is 2.63. The first kappa shape index (κ1) is 95.0. The number of likely N-dealkylation sites (tertiary alicyclic amines) is 2. The summed E-state index contributed by atoms with van der Waals surface area (Å²) in [5.74, 6) is -0.103. The summed E-state index contributed by atoms with van der Waals surface area (Å²) in [5, 5.41) is 15.2. The number of hydrogen-bond acceptors (Lipinski definition) is 25. The third-order valence-corrected chi connectivity index (χ3v) is 30.3. The van der Waals surface area contributed by atoms with Crippen molar-refractivity contribution in [3.05, 3.63) is 94.3 Å². The number of piperazine rings is 2. The van der Waals surface area contributed by atoms with Gasteiger partial charge in [0.05, 0.1) is 101 Å². The van der Waals surface area contributed by atoms with Crippen molar-refractivity contribution in [2.24, 2.45) is 80.8 Å². The lowest BCUT2D eigenvalue weighted by atomic mass is 9.77. The Kier molecular flexibility index (Phi) is 28.9. The molecule has 2 aromatic carbocycles. The largest absolute Gasteiger partial charge is 0.491 e. The molecule has 30 heteroatoms. The van der Waals surface area contributed by atoms with Crippen LogP contribution < -0.4 is 18.9 Å². The normalized spacial score (nSPS) is 27.2. The topological polar surface area (TPSA) is 306 Å². The molecule has 0 spiro atoms. The number of nitrogens with zero attached hydrogens (tertiary/aromatic N) is 10. The zero-order valence-electron chi connectivity index (χ0n) is 77.3. The van der Waals surface area contributed by atoms with Gasteiger partial charge in [0.25, 0.3) is 0 Å². The summed E-state index contributed by atoms with van der Waals surface area (Å²) in [6.45, 7) is 38.1. The highest BCUT2D eigenvalue weighted by molar-refractivity contribution is 7.10. The molecule has 129 heavy (non-hydrogen) atoms. The number of aromatic nitrogens is 4. The molecule has 16 atom stereocenters. The number of aliphatic carboxylic acids is 1. The van der Waals surface area contributed by atoms with Gasteiger partial charge < -0.3 is 62.3 Å². The van der Waals surface area contributed by atoms with Crippen LogP contribution in [0.1, 0.15) is 170 Å². The Morgan fingerprint density at radius 3 is 1.40 bits per heavy atom. The fourth-order valence-corrected chi connectivity index (χ4v) is 21.9. The average Bonchev–Trinajstić information content (AvgIpc) is 1.60. The molecule has 6 aliphatic carbocycles. The standard InChI is InChI=1S/C50H66ClN5O8S.C49H64ClN5O9/c1-9-32-25-50(32,48(60)61-8)26-40(57)39-22-34(27-56(39)47(59)36(49(4,5)6)23-44(58)64-33-20-30-19-31(30)21-33)63-42-24-37(38-28-65-43(52-38)18-29(2)3)53-46-35(42)10-11-41(45(46)51)62-17-16-55-14-12-54(7)13-15-55;1-8-31-24-49(31,47(59)60)25-39(56)38-21-33(26-55(38)46(58)35(48(4,5)6)22-43(57)64-32-19-29-18-30(29)20-32)63-41-23-36(37-27-62-42(51-37)17-28(2)3)52-45-34(41)9-10-40(44(45)50)61-16-15-54-13-11-53(7)12-14-54/h9-11,24,28-34,36,39H,1,12-23,25-27H2,2-8H3;8-10,23,27-33,35,38H,1,11-22,24-26H2,2-7H3,(H,59,60)/t30-,31+,32-,33?,34-,36-,39+,50?;29-,30+,31-,32?,33-,35-,38+,49?/m11/s1. The fourth-order valence-electron chi connectivity index (χ4n) is 20.4. The van der Waals surface area contributed by atoms with E-state index in [-0.39, 0.29) is 99.0 Å². The lowest BCUT2D eigenvalue weighted by Crippen LogP contribution is -2.48. The molecule has 6 aromatic rings. The maximum Gasteiger partial charge on any atom is 0.312 e. The van der Waals surface area contributed by atoms with Crippen LogP contribution in [0.25, 0.3) is 44.6 Å². The van der Waals surface area contributed by atoms with Gasteiger partial charge in [0.1, 0.15) is 82.6 Å². The number of thiazole rings is 1. The van der Waals surface area contributed by atoms with Gasteiger partial charge in [-0.15, -0.1) is 24.5 Å². The zero-order valence-corrected chi connectivity index (χ0v) is 79.6. The Morgan fingerprint density at radius 1 is 0.558 bits per heavy atom. The Morgan fingerprint density at radius 2 is 0.992 bits per heavy atom. The van der Waals surface area contributed by atoms with E-state index in [0.29, 0.717) is 151 Å². The maximum absolute atomic E-state index is 15.0. The number of esters is 3. The van der Waals surface area contributed by atoms with Crippen LogP contribution in [-0.4, -0.2) is 251 Å². The molecule has 1 N–H and O–H groups in total. The van der Waals surface area contributed by atoms with Gasteiger partial charge in [-0.1, -0.05) is 105 Å². The van der Waals surface area contributed by atoms with Crippen LogP contribution in [0.5, 0.6) is 23.0 Å². The number of carboxylic acid groups (broad SMARTS) is 1. The number of rotatable bonds is 36. The van der Waals surface area contributed by atoms with Gasteiger partial charge in [-0.3, -0.25) is 48.2 Å². The first-order valence-corrected chi connectivity index (χ1v) is 48.2. The summed E-state index contributed by atoms with van der Waals surface area (Å²) >= 11 is 15.9. The molecule has 4 saturated heterocycles. The van der Waals surface area contributed by atoms with E-state index in [1.807, 2.05) is 71.2 Å². The number of likely N-dealkylation sites (N-methyl/N-ethyl adjacent to an activating group) is 2. The van der Waals surface area contributed by atoms with E-state index in [1.54, 1.807) is 46.8 Å². The number of pyridine rings is 2. The highest BCUT2D eigenvalue weighted by atomic mass is 35.5. The Hall–Kier alpha value is -8.64. The van der Waals surface area contributed by atoms with E-state index < -0.39 is 81.7 Å². The lowest BCUT2D eigenvalue weighted by molar-refractivity contribution is -0.157. The number of ketones is 2. The van der Waals surface area contributed by atoms with Crippen LogP contribution >= 0.6 is 34.5 Å². The number of halogens is 2. The molecule has 10 aliphatic rings. The number of allylic oxidation sites excluding steroid dienone is 2. The minimum Gasteiger partial charge on any atom is -0.491 e. The minimum absolute atomic E-state index is 0.0245. The van der Waals surface area contributed by atoms with E-state index in [1.165, 1.54) is 24.9 Å². The number of carbonyl (C=O) groups is 8. The van der Waals surface area contributed by atoms with Crippen LogP contribution in [-0.2, 0) is 65.4 Å². The van der Waals surface area contributed by atoms with Crippen molar-refractivity contribution in [2.75, 3.05) is 113 Å². The minimum atomic E-state index is -1.27. The van der Waals surface area contributed by atoms with Crippen molar-refractivity contribution in [1.29, 1.82) is 0 Å². The number of methoxy groups -OCH3 is 1. The Bertz CT molecular complexity index is 5160. The molecule has 0 radical (unpaired) electrons. The molecule has 4 aromatic heterocycles. The van der Waals surface area contributed by atoms with E-state index in [9.17, 15) is 43.5 Å². The SMILES string of the molecule is C=C[C@@H]1CC1(CC(=O)[C@@H]1C[C@@H](Oc2cc(-c3coc(CC(C)C)n3)nc3c(Cl)c(OCCN4CCN(C)CC4)ccc23)CN1C(=O)[C@@H](CC(=O)OC1C[C@@H]2C[C@@H]2C1)C(C)(C)C)C(=O)O.C=C[C@@H]1CC1(CC(=O)[C@@H]1C[C@@H](Oc2cc(-c3csc(CC(C)C)n3)nc3c(Cl)c(OCCN4CCN(C)CC4)ccc23)CN1C(=O)[C@@H](CC(=O)OC1C[C@@H]2C[C@@H]2C1)C(C)(C)C)C(=O)OC. The van der Waals surface area contributed by atoms with Gasteiger partial charge in [-0.05, 0) is 148 Å². The predicted molar refractivity (Wildman–Crippen MR) is 492 cm³/mol. The number of oxazole rings is 1. The van der Waals surface area contributed by atoms with Crippen LogP contribution in [0, 0.1) is 80.8 Å². The zero-order chi connectivity index (χ0) is 92.0. The van der Waals surface area contributed by atoms with Crippen LogP contribution in [0.15, 0.2) is 77.8 Å². The first-order chi connectivity index (χ1) is 61.4. The predicted octanol–water partition coefficient (Wildman–Crippen LogP) is 15.2. The monoisotopic (exact) mass is 1830 g/mol. The number of benzene rings is 2. The summed E-state index contributed by atoms with van der Waals surface area (Å²) in [5.41, 5.74) is -0.492. The van der Waals surface area contributed by atoms with Gasteiger partial charge in [0, 0.05) is 132 Å². The van der Waals surface area contributed by atoms with E-state index >= 15 is 0 Å².